The highest BCUT2D eigenvalue weighted by Crippen LogP contribution is 2.35. The van der Waals surface area contributed by atoms with Crippen molar-refractivity contribution in [3.8, 4) is 11.3 Å². The highest BCUT2D eigenvalue weighted by Gasteiger charge is 2.31. The number of aromatic nitrogens is 1. The molecular formula is C15H15ClF3N3. The zero-order valence-corrected chi connectivity index (χ0v) is 12.8. The molecule has 1 heterocycles. The summed E-state index contributed by atoms with van der Waals surface area (Å²) in [6, 6.07) is 6.05. The Morgan fingerprint density at radius 1 is 1.27 bits per heavy atom. The van der Waals surface area contributed by atoms with Crippen molar-refractivity contribution >= 4 is 23.0 Å². The molecule has 0 aliphatic rings. The van der Waals surface area contributed by atoms with Crippen LogP contribution >= 0.6 is 11.6 Å². The zero-order chi connectivity index (χ0) is 16.5. The van der Waals surface area contributed by atoms with Crippen LogP contribution in [0.3, 0.4) is 0 Å². The maximum atomic E-state index is 12.6. The van der Waals surface area contributed by atoms with Crippen LogP contribution in [0.25, 0.3) is 11.3 Å². The minimum Gasteiger partial charge on any atom is -0.397 e. The van der Waals surface area contributed by atoms with Gasteiger partial charge in [-0.05, 0) is 25.1 Å². The highest BCUT2D eigenvalue weighted by atomic mass is 35.5. The maximum Gasteiger partial charge on any atom is 0.417 e. The Bertz CT molecular complexity index is 686. The van der Waals surface area contributed by atoms with Crippen molar-refractivity contribution < 1.29 is 13.2 Å². The molecule has 2 aromatic rings. The summed E-state index contributed by atoms with van der Waals surface area (Å²) >= 11 is 5.94. The predicted octanol–water partition coefficient (Wildman–Crippen LogP) is 4.46. The average Bonchev–Trinajstić information content (AvgIpc) is 2.45. The van der Waals surface area contributed by atoms with E-state index in [1.807, 2.05) is 18.9 Å². The standard InChI is InChI=1S/C15H15ClF3N3/c1-3-22(2)13-5-4-9(6-12(13)20)14-11(16)7-10(8-21-14)15(17,18)19/h4-8H,3,20H2,1-2H3. The van der Waals surface area contributed by atoms with Gasteiger partial charge < -0.3 is 10.6 Å². The third-order valence-corrected chi connectivity index (χ3v) is 3.64. The molecule has 1 aromatic carbocycles. The molecule has 0 bridgehead atoms. The van der Waals surface area contributed by atoms with Gasteiger partial charge in [0.15, 0.2) is 0 Å². The number of hydrogen-bond acceptors (Lipinski definition) is 3. The van der Waals surface area contributed by atoms with Crippen LogP contribution < -0.4 is 10.6 Å². The first-order chi connectivity index (χ1) is 10.2. The number of nitrogens with zero attached hydrogens (tertiary/aromatic N) is 2. The van der Waals surface area contributed by atoms with Crippen LogP contribution in [0.5, 0.6) is 0 Å². The normalized spacial score (nSPS) is 11.5. The fraction of sp³-hybridized carbons (Fsp3) is 0.267. The first-order valence-corrected chi connectivity index (χ1v) is 6.95. The number of nitrogen functional groups attached to an aromatic ring is 1. The van der Waals surface area contributed by atoms with Crippen molar-refractivity contribution in [3.05, 3.63) is 41.0 Å². The second kappa shape index (κ2) is 6.04. The van der Waals surface area contributed by atoms with Crippen LogP contribution in [0, 0.1) is 0 Å². The molecule has 0 aliphatic carbocycles. The summed E-state index contributed by atoms with van der Waals surface area (Å²) in [4.78, 5) is 5.79. The molecule has 0 aliphatic heterocycles. The van der Waals surface area contributed by atoms with Crippen LogP contribution in [0.1, 0.15) is 12.5 Å². The second-order valence-corrected chi connectivity index (χ2v) is 5.25. The molecule has 2 rings (SSSR count). The van der Waals surface area contributed by atoms with E-state index in [-0.39, 0.29) is 10.7 Å². The number of rotatable bonds is 3. The number of alkyl halides is 3. The number of anilines is 2. The van der Waals surface area contributed by atoms with E-state index in [1.54, 1.807) is 18.2 Å². The van der Waals surface area contributed by atoms with E-state index in [0.29, 0.717) is 11.3 Å². The summed E-state index contributed by atoms with van der Waals surface area (Å²) in [7, 11) is 1.90. The topological polar surface area (TPSA) is 42.2 Å². The second-order valence-electron chi connectivity index (χ2n) is 4.84. The van der Waals surface area contributed by atoms with Gasteiger partial charge >= 0.3 is 6.18 Å². The highest BCUT2D eigenvalue weighted by molar-refractivity contribution is 6.33. The van der Waals surface area contributed by atoms with E-state index in [0.717, 1.165) is 24.5 Å². The molecule has 1 aromatic heterocycles. The quantitative estimate of drug-likeness (QED) is 0.845. The Labute approximate surface area is 131 Å². The molecule has 0 atom stereocenters. The Morgan fingerprint density at radius 2 is 1.95 bits per heavy atom. The van der Waals surface area contributed by atoms with Crippen LogP contribution in [-0.4, -0.2) is 18.6 Å². The van der Waals surface area contributed by atoms with Gasteiger partial charge in [-0.25, -0.2) is 0 Å². The fourth-order valence-corrected chi connectivity index (χ4v) is 2.30. The van der Waals surface area contributed by atoms with Gasteiger partial charge in [-0.2, -0.15) is 13.2 Å². The largest absolute Gasteiger partial charge is 0.417 e. The predicted molar refractivity (Wildman–Crippen MR) is 83.0 cm³/mol. The van der Waals surface area contributed by atoms with E-state index in [1.165, 1.54) is 0 Å². The van der Waals surface area contributed by atoms with Gasteiger partial charge in [0.25, 0.3) is 0 Å². The maximum absolute atomic E-state index is 12.6. The molecule has 0 amide bonds. The Balaban J connectivity index is 2.43. The smallest absolute Gasteiger partial charge is 0.397 e. The van der Waals surface area contributed by atoms with Crippen molar-refractivity contribution in [2.75, 3.05) is 24.2 Å². The fourth-order valence-electron chi connectivity index (χ4n) is 2.03. The first kappa shape index (κ1) is 16.4. The average molecular weight is 330 g/mol. The lowest BCUT2D eigenvalue weighted by atomic mass is 10.1. The lowest BCUT2D eigenvalue weighted by Gasteiger charge is -2.19. The zero-order valence-electron chi connectivity index (χ0n) is 12.1. The summed E-state index contributed by atoms with van der Waals surface area (Å²) in [5.41, 5.74) is 7.31. The molecule has 0 unspecified atom stereocenters. The van der Waals surface area contributed by atoms with Gasteiger partial charge in [-0.3, -0.25) is 4.98 Å². The first-order valence-electron chi connectivity index (χ1n) is 6.57. The van der Waals surface area contributed by atoms with Gasteiger partial charge in [-0.1, -0.05) is 17.7 Å². The van der Waals surface area contributed by atoms with Gasteiger partial charge in [0.1, 0.15) is 0 Å². The van der Waals surface area contributed by atoms with Crippen molar-refractivity contribution in [2.45, 2.75) is 13.1 Å². The molecule has 3 nitrogen and oxygen atoms in total. The van der Waals surface area contributed by atoms with Gasteiger partial charge in [-0.15, -0.1) is 0 Å². The third-order valence-electron chi connectivity index (χ3n) is 3.36. The van der Waals surface area contributed by atoms with E-state index < -0.39 is 11.7 Å². The van der Waals surface area contributed by atoms with Crippen LogP contribution in [0.2, 0.25) is 5.02 Å². The van der Waals surface area contributed by atoms with Gasteiger partial charge in [0, 0.05) is 25.4 Å². The van der Waals surface area contributed by atoms with Crippen molar-refractivity contribution in [3.63, 3.8) is 0 Å². The van der Waals surface area contributed by atoms with E-state index in [4.69, 9.17) is 17.3 Å². The number of nitrogens with two attached hydrogens (primary N) is 1. The lowest BCUT2D eigenvalue weighted by Crippen LogP contribution is -2.17. The van der Waals surface area contributed by atoms with Crippen LogP contribution in [0.4, 0.5) is 24.5 Å². The third kappa shape index (κ3) is 3.27. The van der Waals surface area contributed by atoms with Crippen molar-refractivity contribution in [1.29, 1.82) is 0 Å². The minimum atomic E-state index is -4.47. The van der Waals surface area contributed by atoms with Crippen molar-refractivity contribution in [2.24, 2.45) is 0 Å². The Morgan fingerprint density at radius 3 is 2.45 bits per heavy atom. The Kier molecular flexibility index (Phi) is 4.51. The number of hydrogen-bond donors (Lipinski definition) is 1. The minimum absolute atomic E-state index is 0.0641. The molecule has 0 fully saturated rings. The molecular weight excluding hydrogens is 315 g/mol. The number of halogens is 4. The molecule has 118 valence electrons. The van der Waals surface area contributed by atoms with E-state index in [9.17, 15) is 13.2 Å². The summed E-state index contributed by atoms with van der Waals surface area (Å²) in [6.45, 7) is 2.77. The molecule has 7 heteroatoms. The molecule has 2 N–H and O–H groups in total. The number of pyridine rings is 1. The number of benzene rings is 1. The Hall–Kier alpha value is -1.95. The van der Waals surface area contributed by atoms with Crippen LogP contribution in [-0.2, 0) is 6.18 Å². The summed E-state index contributed by atoms with van der Waals surface area (Å²) in [5.74, 6) is 0. The molecule has 0 radical (unpaired) electrons. The van der Waals surface area contributed by atoms with E-state index >= 15 is 0 Å². The summed E-state index contributed by atoms with van der Waals surface area (Å²) in [6.07, 6.45) is -3.70. The lowest BCUT2D eigenvalue weighted by molar-refractivity contribution is -0.137. The molecule has 0 saturated heterocycles. The summed E-state index contributed by atoms with van der Waals surface area (Å²) in [5, 5.41) is -0.0641. The monoisotopic (exact) mass is 329 g/mol. The SMILES string of the molecule is CCN(C)c1ccc(-c2ncc(C(F)(F)F)cc2Cl)cc1N. The summed E-state index contributed by atoms with van der Waals surface area (Å²) < 4.78 is 37.9. The van der Waals surface area contributed by atoms with Crippen LogP contribution in [0.15, 0.2) is 30.5 Å². The van der Waals surface area contributed by atoms with Crippen molar-refractivity contribution in [1.82, 2.24) is 4.98 Å². The molecule has 0 saturated carbocycles. The van der Waals surface area contributed by atoms with Gasteiger partial charge in [0.2, 0.25) is 0 Å². The van der Waals surface area contributed by atoms with E-state index in [2.05, 4.69) is 4.98 Å². The molecule has 22 heavy (non-hydrogen) atoms. The molecule has 0 spiro atoms. The van der Waals surface area contributed by atoms with Gasteiger partial charge in [0.05, 0.1) is 27.7 Å².